The number of H-pyrrole nitrogens is 2. The summed E-state index contributed by atoms with van der Waals surface area (Å²) in [5.41, 5.74) is 2.09. The fourth-order valence-electron chi connectivity index (χ4n) is 2.91. The van der Waals surface area contributed by atoms with Gasteiger partial charge in [-0.15, -0.1) is 0 Å². The van der Waals surface area contributed by atoms with Crippen molar-refractivity contribution >= 4 is 0 Å². The third kappa shape index (κ3) is 1.78. The second kappa shape index (κ2) is 4.46. The van der Waals surface area contributed by atoms with Gasteiger partial charge in [0.2, 0.25) is 0 Å². The second-order valence-electron chi connectivity index (χ2n) is 4.85. The van der Waals surface area contributed by atoms with Crippen LogP contribution in [0.25, 0.3) is 0 Å². The molecule has 4 heteroatoms. The Kier molecular flexibility index (Phi) is 2.80. The highest BCUT2D eigenvalue weighted by Gasteiger charge is 2.36. The summed E-state index contributed by atoms with van der Waals surface area (Å²) in [4.78, 5) is 17.1. The molecule has 0 radical (unpaired) electrons. The third-order valence-electron chi connectivity index (χ3n) is 3.89. The third-order valence-corrected chi connectivity index (χ3v) is 3.89. The fourth-order valence-corrected chi connectivity index (χ4v) is 2.91. The first-order valence-corrected chi connectivity index (χ1v) is 6.36. The van der Waals surface area contributed by atoms with Gasteiger partial charge >= 0.3 is 5.69 Å². The summed E-state index contributed by atoms with van der Waals surface area (Å²) < 4.78 is 0. The number of aromatic amines is 2. The monoisotopic (exact) mass is 243 g/mol. The van der Waals surface area contributed by atoms with E-state index in [2.05, 4.69) is 39.6 Å². The summed E-state index contributed by atoms with van der Waals surface area (Å²) in [5.74, 6) is 0. The maximum absolute atomic E-state index is 11.4. The number of hydrogen-bond acceptors (Lipinski definition) is 2. The minimum atomic E-state index is -0.126. The van der Waals surface area contributed by atoms with E-state index in [0.29, 0.717) is 0 Å². The predicted octanol–water partition coefficient (Wildman–Crippen LogP) is 1.37. The van der Waals surface area contributed by atoms with Crippen molar-refractivity contribution in [2.24, 2.45) is 0 Å². The maximum Gasteiger partial charge on any atom is 0.323 e. The highest BCUT2D eigenvalue weighted by molar-refractivity contribution is 5.35. The molecular formula is C14H17N3O. The fraction of sp³-hybridized carbons (Fsp3) is 0.357. The van der Waals surface area contributed by atoms with Crippen LogP contribution < -0.4 is 11.0 Å². The molecule has 3 rings (SSSR count). The van der Waals surface area contributed by atoms with Crippen molar-refractivity contribution in [2.75, 3.05) is 13.1 Å². The molecule has 2 aromatic rings. The van der Waals surface area contributed by atoms with E-state index in [1.807, 2.05) is 12.3 Å². The zero-order valence-electron chi connectivity index (χ0n) is 10.2. The molecule has 18 heavy (non-hydrogen) atoms. The molecule has 0 aliphatic carbocycles. The lowest BCUT2D eigenvalue weighted by Crippen LogP contribution is -2.41. The number of rotatable bonds is 2. The zero-order valence-corrected chi connectivity index (χ0v) is 10.2. The zero-order chi connectivity index (χ0) is 12.4. The summed E-state index contributed by atoms with van der Waals surface area (Å²) in [5, 5.41) is 3.38. The minimum Gasteiger partial charge on any atom is -0.317 e. The van der Waals surface area contributed by atoms with E-state index < -0.39 is 0 Å². The van der Waals surface area contributed by atoms with Crippen LogP contribution in [0.1, 0.15) is 24.1 Å². The van der Waals surface area contributed by atoms with Gasteiger partial charge in [0, 0.05) is 17.3 Å². The molecule has 1 aliphatic rings. The van der Waals surface area contributed by atoms with E-state index >= 15 is 0 Å². The van der Waals surface area contributed by atoms with Gasteiger partial charge in [-0.2, -0.15) is 0 Å². The van der Waals surface area contributed by atoms with Crippen LogP contribution in [-0.2, 0) is 5.41 Å². The Labute approximate surface area is 105 Å². The van der Waals surface area contributed by atoms with Crippen molar-refractivity contribution in [3.05, 3.63) is 58.3 Å². The van der Waals surface area contributed by atoms with Gasteiger partial charge in [0.1, 0.15) is 0 Å². The van der Waals surface area contributed by atoms with E-state index in [0.717, 1.165) is 31.6 Å². The van der Waals surface area contributed by atoms with Crippen LogP contribution in [0.15, 0.2) is 41.3 Å². The Bertz CT molecular complexity index is 564. The SMILES string of the molecule is O=c1[nH]cc(C2(c3ccccc3)CCNCC2)[nH]1. The van der Waals surface area contributed by atoms with E-state index in [1.165, 1.54) is 5.56 Å². The van der Waals surface area contributed by atoms with Crippen molar-refractivity contribution in [3.63, 3.8) is 0 Å². The molecule has 3 N–H and O–H groups in total. The number of aromatic nitrogens is 2. The Morgan fingerprint density at radius 3 is 2.39 bits per heavy atom. The van der Waals surface area contributed by atoms with Gasteiger partial charge in [0.05, 0.1) is 0 Å². The molecule has 0 amide bonds. The molecular weight excluding hydrogens is 226 g/mol. The van der Waals surface area contributed by atoms with Gasteiger partial charge < -0.3 is 15.3 Å². The van der Waals surface area contributed by atoms with Crippen molar-refractivity contribution in [1.82, 2.24) is 15.3 Å². The number of hydrogen-bond donors (Lipinski definition) is 3. The van der Waals surface area contributed by atoms with E-state index in [-0.39, 0.29) is 11.1 Å². The highest BCUT2D eigenvalue weighted by Crippen LogP contribution is 2.38. The Morgan fingerprint density at radius 2 is 1.78 bits per heavy atom. The van der Waals surface area contributed by atoms with Crippen molar-refractivity contribution in [3.8, 4) is 0 Å². The van der Waals surface area contributed by atoms with Crippen molar-refractivity contribution in [2.45, 2.75) is 18.3 Å². The summed E-state index contributed by atoms with van der Waals surface area (Å²) in [6.45, 7) is 1.95. The first kappa shape index (κ1) is 11.3. The first-order valence-electron chi connectivity index (χ1n) is 6.36. The van der Waals surface area contributed by atoms with Crippen LogP contribution in [-0.4, -0.2) is 23.1 Å². The quantitative estimate of drug-likeness (QED) is 0.746. The normalized spacial score (nSPS) is 18.7. The van der Waals surface area contributed by atoms with Gasteiger partial charge in [0.15, 0.2) is 0 Å². The van der Waals surface area contributed by atoms with E-state index in [1.54, 1.807) is 0 Å². The number of piperidine rings is 1. The number of benzene rings is 1. The van der Waals surface area contributed by atoms with Gasteiger partial charge in [-0.25, -0.2) is 4.79 Å². The average molecular weight is 243 g/mol. The number of imidazole rings is 1. The molecule has 1 aromatic carbocycles. The van der Waals surface area contributed by atoms with E-state index in [9.17, 15) is 4.79 Å². The molecule has 0 atom stereocenters. The Morgan fingerprint density at radius 1 is 1.06 bits per heavy atom. The molecule has 1 aromatic heterocycles. The molecule has 1 saturated heterocycles. The molecule has 2 heterocycles. The summed E-state index contributed by atoms with van der Waals surface area (Å²) in [7, 11) is 0. The standard InChI is InChI=1S/C14H17N3O/c18-13-16-10-12(17-13)14(6-8-15-9-7-14)11-4-2-1-3-5-11/h1-5,10,15H,6-9H2,(H2,16,17,18). The summed E-state index contributed by atoms with van der Waals surface area (Å²) in [6.07, 6.45) is 3.83. The van der Waals surface area contributed by atoms with Crippen LogP contribution >= 0.6 is 0 Å². The first-order chi connectivity index (χ1) is 8.81. The Balaban J connectivity index is 2.12. The molecule has 0 unspecified atom stereocenters. The maximum atomic E-state index is 11.4. The lowest BCUT2D eigenvalue weighted by atomic mass is 9.71. The summed E-state index contributed by atoms with van der Waals surface area (Å²) >= 11 is 0. The van der Waals surface area contributed by atoms with Gasteiger partial charge in [-0.3, -0.25) is 0 Å². The van der Waals surface area contributed by atoms with Crippen LogP contribution in [0.4, 0.5) is 0 Å². The molecule has 1 aliphatic heterocycles. The molecule has 0 saturated carbocycles. The van der Waals surface area contributed by atoms with Crippen molar-refractivity contribution < 1.29 is 0 Å². The molecule has 1 fully saturated rings. The highest BCUT2D eigenvalue weighted by atomic mass is 16.1. The van der Waals surface area contributed by atoms with Crippen LogP contribution in [0.3, 0.4) is 0 Å². The van der Waals surface area contributed by atoms with Crippen LogP contribution in [0.5, 0.6) is 0 Å². The molecule has 0 spiro atoms. The van der Waals surface area contributed by atoms with Gasteiger partial charge in [-0.05, 0) is 31.5 Å². The Hall–Kier alpha value is -1.81. The minimum absolute atomic E-state index is 0.0638. The van der Waals surface area contributed by atoms with Crippen molar-refractivity contribution in [1.29, 1.82) is 0 Å². The predicted molar refractivity (Wildman–Crippen MR) is 70.7 cm³/mol. The van der Waals surface area contributed by atoms with E-state index in [4.69, 9.17) is 0 Å². The second-order valence-corrected chi connectivity index (χ2v) is 4.85. The van der Waals surface area contributed by atoms with Crippen LogP contribution in [0, 0.1) is 0 Å². The average Bonchev–Trinajstić information content (AvgIpc) is 2.88. The smallest absolute Gasteiger partial charge is 0.317 e. The lowest BCUT2D eigenvalue weighted by Gasteiger charge is -2.37. The molecule has 94 valence electrons. The number of nitrogens with one attached hydrogen (secondary N) is 3. The van der Waals surface area contributed by atoms with Gasteiger partial charge in [0.25, 0.3) is 0 Å². The topological polar surface area (TPSA) is 60.7 Å². The molecule has 4 nitrogen and oxygen atoms in total. The van der Waals surface area contributed by atoms with Gasteiger partial charge in [-0.1, -0.05) is 30.3 Å². The summed E-state index contributed by atoms with van der Waals surface area (Å²) in [6, 6.07) is 10.4. The van der Waals surface area contributed by atoms with Crippen LogP contribution in [0.2, 0.25) is 0 Å². The molecule has 0 bridgehead atoms. The lowest BCUT2D eigenvalue weighted by molar-refractivity contribution is 0.355. The largest absolute Gasteiger partial charge is 0.323 e.